The van der Waals surface area contributed by atoms with Gasteiger partial charge in [-0.05, 0) is 50.4 Å². The summed E-state index contributed by atoms with van der Waals surface area (Å²) in [4.78, 5) is 25.3. The second kappa shape index (κ2) is 6.93. The molecule has 0 bridgehead atoms. The number of hydrogen-bond acceptors (Lipinski definition) is 4. The summed E-state index contributed by atoms with van der Waals surface area (Å²) in [5.41, 5.74) is 7.14. The van der Waals surface area contributed by atoms with Crippen molar-refractivity contribution in [2.45, 2.75) is 48.8 Å². The third-order valence-electron chi connectivity index (χ3n) is 4.70. The second-order valence-corrected chi connectivity index (χ2v) is 7.70. The van der Waals surface area contributed by atoms with Crippen LogP contribution in [0.15, 0.2) is 23.1 Å². The van der Waals surface area contributed by atoms with Crippen LogP contribution in [0.1, 0.15) is 43.0 Å². The van der Waals surface area contributed by atoms with E-state index in [1.54, 1.807) is 6.07 Å². The van der Waals surface area contributed by atoms with E-state index in [2.05, 4.69) is 10.6 Å². The maximum Gasteiger partial charge on any atom is 0.251 e. The van der Waals surface area contributed by atoms with Crippen LogP contribution in [0, 0.1) is 5.92 Å². The highest BCUT2D eigenvalue weighted by atomic mass is 32.2. The summed E-state index contributed by atoms with van der Waals surface area (Å²) >= 11 is 1.52. The van der Waals surface area contributed by atoms with E-state index in [0.29, 0.717) is 18.0 Å². The molecule has 3 rings (SSSR count). The summed E-state index contributed by atoms with van der Waals surface area (Å²) in [5, 5.41) is 5.89. The molecule has 0 radical (unpaired) electrons. The van der Waals surface area contributed by atoms with Crippen molar-refractivity contribution in [3.63, 3.8) is 0 Å². The monoisotopic (exact) mass is 333 g/mol. The Hall–Kier alpha value is -1.53. The van der Waals surface area contributed by atoms with Gasteiger partial charge in [-0.25, -0.2) is 0 Å². The maximum atomic E-state index is 12.5. The number of rotatable bonds is 3. The van der Waals surface area contributed by atoms with Crippen LogP contribution in [-0.4, -0.2) is 29.7 Å². The molecule has 23 heavy (non-hydrogen) atoms. The molecule has 5 nitrogen and oxygen atoms in total. The van der Waals surface area contributed by atoms with Crippen LogP contribution in [-0.2, 0) is 4.79 Å². The van der Waals surface area contributed by atoms with E-state index in [4.69, 9.17) is 5.73 Å². The Morgan fingerprint density at radius 3 is 2.96 bits per heavy atom. The van der Waals surface area contributed by atoms with E-state index in [1.807, 2.05) is 19.1 Å². The number of fused-ring (bicyclic) bond motifs is 1. The van der Waals surface area contributed by atoms with Crippen LogP contribution in [0.4, 0.5) is 5.69 Å². The van der Waals surface area contributed by atoms with Gasteiger partial charge in [0.25, 0.3) is 5.91 Å². The van der Waals surface area contributed by atoms with E-state index < -0.39 is 0 Å². The highest BCUT2D eigenvalue weighted by Crippen LogP contribution is 2.36. The topological polar surface area (TPSA) is 84.2 Å². The van der Waals surface area contributed by atoms with Gasteiger partial charge >= 0.3 is 0 Å². The number of thioether (sulfide) groups is 1. The van der Waals surface area contributed by atoms with Gasteiger partial charge in [0.05, 0.1) is 10.9 Å². The molecular weight excluding hydrogens is 310 g/mol. The first kappa shape index (κ1) is 16.3. The minimum absolute atomic E-state index is 0.0180. The molecular formula is C17H23N3O2S. The standard InChI is InChI=1S/C17H23N3O2S/c1-10-16(21)20-14-8-11(6-7-15(14)23-10)17(22)19-13-5-3-2-4-12(13)9-18/h6-8,10,12-13H,2-5,9,18H2,1H3,(H,19,22)(H,20,21). The zero-order chi connectivity index (χ0) is 16.4. The molecule has 3 unspecified atom stereocenters. The Morgan fingerprint density at radius 1 is 1.39 bits per heavy atom. The third kappa shape index (κ3) is 3.53. The largest absolute Gasteiger partial charge is 0.349 e. The molecule has 1 saturated carbocycles. The van der Waals surface area contributed by atoms with Crippen molar-refractivity contribution in [3.05, 3.63) is 23.8 Å². The van der Waals surface area contributed by atoms with Gasteiger partial charge in [-0.15, -0.1) is 11.8 Å². The molecule has 3 atom stereocenters. The molecule has 2 aliphatic rings. The van der Waals surface area contributed by atoms with Crippen molar-refractivity contribution in [2.24, 2.45) is 11.7 Å². The van der Waals surface area contributed by atoms with E-state index in [-0.39, 0.29) is 23.1 Å². The molecule has 1 aliphatic heterocycles. The molecule has 6 heteroatoms. The van der Waals surface area contributed by atoms with Gasteiger partial charge in [-0.1, -0.05) is 12.8 Å². The van der Waals surface area contributed by atoms with Crippen LogP contribution >= 0.6 is 11.8 Å². The molecule has 2 amide bonds. The summed E-state index contributed by atoms with van der Waals surface area (Å²) in [6.07, 6.45) is 4.39. The first-order chi connectivity index (χ1) is 11.1. The number of nitrogens with two attached hydrogens (primary N) is 1. The van der Waals surface area contributed by atoms with Gasteiger partial charge in [-0.3, -0.25) is 9.59 Å². The van der Waals surface area contributed by atoms with Crippen molar-refractivity contribution in [3.8, 4) is 0 Å². The number of hydrogen-bond donors (Lipinski definition) is 3. The summed E-state index contributed by atoms with van der Waals surface area (Å²) in [6, 6.07) is 5.65. The lowest BCUT2D eigenvalue weighted by Gasteiger charge is -2.31. The smallest absolute Gasteiger partial charge is 0.251 e. The summed E-state index contributed by atoms with van der Waals surface area (Å²) in [7, 11) is 0. The molecule has 1 fully saturated rings. The van der Waals surface area contributed by atoms with Crippen LogP contribution in [0.25, 0.3) is 0 Å². The quantitative estimate of drug-likeness (QED) is 0.793. The molecule has 1 aromatic rings. The van der Waals surface area contributed by atoms with Crippen molar-refractivity contribution in [1.82, 2.24) is 5.32 Å². The maximum absolute atomic E-state index is 12.5. The zero-order valence-corrected chi connectivity index (χ0v) is 14.1. The number of anilines is 1. The number of carbonyl (C=O) groups is 2. The number of amides is 2. The van der Waals surface area contributed by atoms with Gasteiger partial charge in [0.15, 0.2) is 0 Å². The minimum Gasteiger partial charge on any atom is -0.349 e. The Bertz CT molecular complexity index is 620. The lowest BCUT2D eigenvalue weighted by atomic mass is 9.84. The van der Waals surface area contributed by atoms with Gasteiger partial charge in [-0.2, -0.15) is 0 Å². The van der Waals surface area contributed by atoms with Gasteiger partial charge in [0.2, 0.25) is 5.91 Å². The Morgan fingerprint density at radius 2 is 2.17 bits per heavy atom. The highest BCUT2D eigenvalue weighted by Gasteiger charge is 2.27. The fourth-order valence-corrected chi connectivity index (χ4v) is 4.21. The molecule has 1 aromatic carbocycles. The fraction of sp³-hybridized carbons (Fsp3) is 0.529. The molecule has 0 spiro atoms. The average Bonchev–Trinajstić information content (AvgIpc) is 2.56. The van der Waals surface area contributed by atoms with E-state index in [0.717, 1.165) is 29.8 Å². The van der Waals surface area contributed by atoms with E-state index >= 15 is 0 Å². The number of carbonyl (C=O) groups excluding carboxylic acids is 2. The van der Waals surface area contributed by atoms with Gasteiger partial charge < -0.3 is 16.4 Å². The Balaban J connectivity index is 1.73. The van der Waals surface area contributed by atoms with Crippen LogP contribution < -0.4 is 16.4 Å². The Labute approximate surface area is 140 Å². The van der Waals surface area contributed by atoms with E-state index in [1.165, 1.54) is 18.2 Å². The predicted octanol–water partition coefficient (Wildman–Crippen LogP) is 2.37. The summed E-state index contributed by atoms with van der Waals surface area (Å²) in [5.74, 6) is 0.257. The van der Waals surface area contributed by atoms with E-state index in [9.17, 15) is 9.59 Å². The molecule has 1 heterocycles. The second-order valence-electron chi connectivity index (χ2n) is 6.32. The Kier molecular flexibility index (Phi) is 4.92. The molecule has 0 saturated heterocycles. The third-order valence-corrected chi connectivity index (χ3v) is 5.88. The summed E-state index contributed by atoms with van der Waals surface area (Å²) in [6.45, 7) is 2.49. The summed E-state index contributed by atoms with van der Waals surface area (Å²) < 4.78 is 0. The molecule has 1 aliphatic carbocycles. The number of benzene rings is 1. The lowest BCUT2D eigenvalue weighted by Crippen LogP contribution is -2.44. The van der Waals surface area contributed by atoms with Gasteiger partial charge in [0, 0.05) is 16.5 Å². The molecule has 4 N–H and O–H groups in total. The van der Waals surface area contributed by atoms with Crippen molar-refractivity contribution < 1.29 is 9.59 Å². The minimum atomic E-state index is -0.102. The SMILES string of the molecule is CC1Sc2ccc(C(=O)NC3CCCCC3CN)cc2NC1=O. The normalized spacial score (nSPS) is 27.0. The van der Waals surface area contributed by atoms with Crippen LogP contribution in [0.3, 0.4) is 0 Å². The van der Waals surface area contributed by atoms with Crippen molar-refractivity contribution in [1.29, 1.82) is 0 Å². The van der Waals surface area contributed by atoms with Crippen LogP contribution in [0.2, 0.25) is 0 Å². The molecule has 124 valence electrons. The zero-order valence-electron chi connectivity index (χ0n) is 13.3. The van der Waals surface area contributed by atoms with Crippen molar-refractivity contribution >= 4 is 29.3 Å². The average molecular weight is 333 g/mol. The first-order valence-corrected chi connectivity index (χ1v) is 9.09. The number of nitrogens with one attached hydrogen (secondary N) is 2. The fourth-order valence-electron chi connectivity index (χ4n) is 3.28. The predicted molar refractivity (Wildman–Crippen MR) is 92.7 cm³/mol. The highest BCUT2D eigenvalue weighted by molar-refractivity contribution is 8.00. The van der Waals surface area contributed by atoms with Crippen molar-refractivity contribution in [2.75, 3.05) is 11.9 Å². The molecule has 0 aromatic heterocycles. The first-order valence-electron chi connectivity index (χ1n) is 8.21. The van der Waals surface area contributed by atoms with Gasteiger partial charge in [0.1, 0.15) is 0 Å². The lowest BCUT2D eigenvalue weighted by molar-refractivity contribution is -0.115. The van der Waals surface area contributed by atoms with Crippen LogP contribution in [0.5, 0.6) is 0 Å².